The molecule has 3 heteroatoms. The highest BCUT2D eigenvalue weighted by Gasteiger charge is 2.11. The number of hydrogen-bond donors (Lipinski definition) is 1. The first-order valence-corrected chi connectivity index (χ1v) is 8.00. The molecule has 1 aromatic rings. The van der Waals surface area contributed by atoms with E-state index < -0.39 is 0 Å². The van der Waals surface area contributed by atoms with Crippen molar-refractivity contribution in [3.8, 4) is 0 Å². The molecule has 0 fully saturated rings. The molecule has 96 valence electrons. The summed E-state index contributed by atoms with van der Waals surface area (Å²) in [5, 5.41) is 9.97. The van der Waals surface area contributed by atoms with Gasteiger partial charge in [0.05, 0.1) is 6.10 Å². The van der Waals surface area contributed by atoms with Gasteiger partial charge in [0.15, 0.2) is 0 Å². The molecule has 1 nitrogen and oxygen atoms in total. The summed E-state index contributed by atoms with van der Waals surface area (Å²) in [6, 6.07) is 8.24. The van der Waals surface area contributed by atoms with E-state index in [0.29, 0.717) is 5.92 Å². The summed E-state index contributed by atoms with van der Waals surface area (Å²) in [7, 11) is 0. The molecule has 1 aromatic carbocycles. The van der Waals surface area contributed by atoms with Crippen molar-refractivity contribution in [2.24, 2.45) is 5.92 Å². The van der Waals surface area contributed by atoms with Crippen molar-refractivity contribution in [3.63, 3.8) is 0 Å². The van der Waals surface area contributed by atoms with Crippen molar-refractivity contribution >= 4 is 27.7 Å². The van der Waals surface area contributed by atoms with Crippen LogP contribution in [0.1, 0.15) is 33.1 Å². The third-order valence-corrected chi connectivity index (χ3v) is 4.70. The van der Waals surface area contributed by atoms with E-state index in [1.54, 1.807) is 11.8 Å². The van der Waals surface area contributed by atoms with Gasteiger partial charge in [0, 0.05) is 15.1 Å². The van der Waals surface area contributed by atoms with E-state index in [0.717, 1.165) is 29.5 Å². The van der Waals surface area contributed by atoms with Gasteiger partial charge < -0.3 is 5.11 Å². The SMILES string of the molecule is CCC(CC)CC(O)CSc1ccc(Br)cc1. The molecule has 0 aromatic heterocycles. The van der Waals surface area contributed by atoms with Crippen molar-refractivity contribution in [2.45, 2.75) is 44.1 Å². The van der Waals surface area contributed by atoms with E-state index in [9.17, 15) is 5.11 Å². The van der Waals surface area contributed by atoms with E-state index in [4.69, 9.17) is 0 Å². The predicted octanol–water partition coefficient (Wildman–Crippen LogP) is 4.73. The highest BCUT2D eigenvalue weighted by molar-refractivity contribution is 9.10. The van der Waals surface area contributed by atoms with Gasteiger partial charge in [0.2, 0.25) is 0 Å². The van der Waals surface area contributed by atoms with Crippen molar-refractivity contribution < 1.29 is 5.11 Å². The minimum absolute atomic E-state index is 0.187. The maximum Gasteiger partial charge on any atom is 0.0636 e. The lowest BCUT2D eigenvalue weighted by molar-refractivity contribution is 0.161. The molecular formula is C14H21BrOS. The standard InChI is InChI=1S/C14H21BrOS/c1-3-11(4-2)9-13(16)10-17-14-7-5-12(15)6-8-14/h5-8,11,13,16H,3-4,9-10H2,1-2H3. The monoisotopic (exact) mass is 316 g/mol. The molecule has 17 heavy (non-hydrogen) atoms. The number of benzene rings is 1. The Kier molecular flexibility index (Phi) is 7.24. The van der Waals surface area contributed by atoms with Gasteiger partial charge in [0.1, 0.15) is 0 Å². The Bertz CT molecular complexity index is 309. The number of aliphatic hydroxyl groups is 1. The van der Waals surface area contributed by atoms with Crippen LogP contribution < -0.4 is 0 Å². The fourth-order valence-corrected chi connectivity index (χ4v) is 2.91. The second kappa shape index (κ2) is 8.17. The largest absolute Gasteiger partial charge is 0.392 e. The van der Waals surface area contributed by atoms with E-state index in [-0.39, 0.29) is 6.10 Å². The van der Waals surface area contributed by atoms with E-state index in [2.05, 4.69) is 41.9 Å². The number of aliphatic hydroxyl groups excluding tert-OH is 1. The Morgan fingerprint density at radius 2 is 1.76 bits per heavy atom. The zero-order chi connectivity index (χ0) is 12.7. The average Bonchev–Trinajstić information content (AvgIpc) is 2.35. The minimum atomic E-state index is -0.187. The van der Waals surface area contributed by atoms with Crippen LogP contribution >= 0.6 is 27.7 Å². The molecule has 0 saturated carbocycles. The van der Waals surface area contributed by atoms with Crippen LogP contribution in [0.4, 0.5) is 0 Å². The molecule has 1 rings (SSSR count). The van der Waals surface area contributed by atoms with Gasteiger partial charge in [-0.15, -0.1) is 11.8 Å². The van der Waals surface area contributed by atoms with E-state index in [1.165, 1.54) is 4.90 Å². The number of thioether (sulfide) groups is 1. The first kappa shape index (κ1) is 15.1. The van der Waals surface area contributed by atoms with Crippen molar-refractivity contribution in [1.82, 2.24) is 0 Å². The van der Waals surface area contributed by atoms with Crippen LogP contribution in [0.2, 0.25) is 0 Å². The Hall–Kier alpha value is 0.01000. The van der Waals surface area contributed by atoms with Crippen LogP contribution in [0.3, 0.4) is 0 Å². The lowest BCUT2D eigenvalue weighted by atomic mass is 9.97. The van der Waals surface area contributed by atoms with Crippen LogP contribution in [0.15, 0.2) is 33.6 Å². The van der Waals surface area contributed by atoms with Crippen LogP contribution in [0.25, 0.3) is 0 Å². The third kappa shape index (κ3) is 5.94. The highest BCUT2D eigenvalue weighted by atomic mass is 79.9. The molecule has 0 spiro atoms. The predicted molar refractivity (Wildman–Crippen MR) is 79.6 cm³/mol. The molecule has 0 saturated heterocycles. The quantitative estimate of drug-likeness (QED) is 0.734. The van der Waals surface area contributed by atoms with Crippen molar-refractivity contribution in [1.29, 1.82) is 0 Å². The summed E-state index contributed by atoms with van der Waals surface area (Å²) >= 11 is 5.15. The minimum Gasteiger partial charge on any atom is -0.392 e. The molecule has 0 radical (unpaired) electrons. The molecule has 0 amide bonds. The van der Waals surface area contributed by atoms with E-state index in [1.807, 2.05) is 12.1 Å². The first-order chi connectivity index (χ1) is 8.15. The summed E-state index contributed by atoms with van der Waals surface area (Å²) in [4.78, 5) is 1.22. The molecular weight excluding hydrogens is 296 g/mol. The fraction of sp³-hybridized carbons (Fsp3) is 0.571. The molecule has 1 N–H and O–H groups in total. The molecule has 1 atom stereocenters. The van der Waals surface area contributed by atoms with Crippen LogP contribution in [0.5, 0.6) is 0 Å². The first-order valence-electron chi connectivity index (χ1n) is 6.22. The maximum atomic E-state index is 9.97. The Balaban J connectivity index is 2.32. The third-order valence-electron chi connectivity index (χ3n) is 3.02. The summed E-state index contributed by atoms with van der Waals surface area (Å²) < 4.78 is 1.10. The van der Waals surface area contributed by atoms with Crippen molar-refractivity contribution in [3.05, 3.63) is 28.7 Å². The maximum absolute atomic E-state index is 9.97. The normalized spacial score (nSPS) is 13.0. The smallest absolute Gasteiger partial charge is 0.0636 e. The fourth-order valence-electron chi connectivity index (χ4n) is 1.80. The topological polar surface area (TPSA) is 20.2 Å². The van der Waals surface area contributed by atoms with Gasteiger partial charge in [-0.3, -0.25) is 0 Å². The lowest BCUT2D eigenvalue weighted by Crippen LogP contribution is -2.15. The molecule has 0 heterocycles. The highest BCUT2D eigenvalue weighted by Crippen LogP contribution is 2.24. The van der Waals surface area contributed by atoms with Crippen LogP contribution in [-0.2, 0) is 0 Å². The second-order valence-electron chi connectivity index (χ2n) is 4.34. The van der Waals surface area contributed by atoms with Gasteiger partial charge in [0.25, 0.3) is 0 Å². The Morgan fingerprint density at radius 1 is 1.18 bits per heavy atom. The van der Waals surface area contributed by atoms with Crippen molar-refractivity contribution in [2.75, 3.05) is 5.75 Å². The summed E-state index contributed by atoms with van der Waals surface area (Å²) in [5.41, 5.74) is 0. The molecule has 0 bridgehead atoms. The Morgan fingerprint density at radius 3 is 2.29 bits per heavy atom. The van der Waals surface area contributed by atoms with Gasteiger partial charge in [-0.05, 0) is 36.6 Å². The molecule has 1 unspecified atom stereocenters. The molecule has 0 aliphatic carbocycles. The van der Waals surface area contributed by atoms with Gasteiger partial charge >= 0.3 is 0 Å². The van der Waals surface area contributed by atoms with Gasteiger partial charge in [-0.2, -0.15) is 0 Å². The molecule has 0 aliphatic heterocycles. The second-order valence-corrected chi connectivity index (χ2v) is 6.35. The van der Waals surface area contributed by atoms with Crippen LogP contribution in [-0.4, -0.2) is 17.0 Å². The van der Waals surface area contributed by atoms with Crippen LogP contribution in [0, 0.1) is 5.92 Å². The summed E-state index contributed by atoms with van der Waals surface area (Å²) in [6.07, 6.45) is 3.07. The zero-order valence-corrected chi connectivity index (χ0v) is 12.9. The summed E-state index contributed by atoms with van der Waals surface area (Å²) in [6.45, 7) is 4.39. The average molecular weight is 317 g/mol. The number of halogens is 1. The summed E-state index contributed by atoms with van der Waals surface area (Å²) in [5.74, 6) is 1.45. The van der Waals surface area contributed by atoms with Gasteiger partial charge in [-0.1, -0.05) is 42.6 Å². The number of rotatable bonds is 7. The Labute approximate surface area is 117 Å². The molecule has 0 aliphatic rings. The zero-order valence-electron chi connectivity index (χ0n) is 10.5. The number of hydrogen-bond acceptors (Lipinski definition) is 2. The van der Waals surface area contributed by atoms with Gasteiger partial charge in [-0.25, -0.2) is 0 Å². The van der Waals surface area contributed by atoms with E-state index >= 15 is 0 Å². The lowest BCUT2D eigenvalue weighted by Gasteiger charge is -2.17.